The molecule has 0 bridgehead atoms. The van der Waals surface area contributed by atoms with E-state index in [0.717, 1.165) is 5.56 Å². The minimum absolute atomic E-state index is 0.00398. The monoisotopic (exact) mass is 365 g/mol. The van der Waals surface area contributed by atoms with E-state index in [0.29, 0.717) is 47.4 Å². The number of methoxy groups -OCH3 is 1. The predicted octanol–water partition coefficient (Wildman–Crippen LogP) is 1.57. The standard InChI is InChI=1S/C18H19N7O2/c1-9-8-21-18(24-16(9)27-3)25-5-4-20-15(25)11-6-12-14(13(26)7-11)10(2)22-17(19)23-12/h4-5,8,11H,6-7H2,1-3H3,(H2,19,22,23)/t11-/m0/s1. The van der Waals surface area contributed by atoms with Gasteiger partial charge in [0.2, 0.25) is 17.8 Å². The molecule has 9 heteroatoms. The first-order valence-corrected chi connectivity index (χ1v) is 8.55. The fourth-order valence-corrected chi connectivity index (χ4v) is 3.51. The van der Waals surface area contributed by atoms with Gasteiger partial charge in [0, 0.05) is 42.9 Å². The van der Waals surface area contributed by atoms with Crippen LogP contribution in [0.4, 0.5) is 5.95 Å². The van der Waals surface area contributed by atoms with E-state index < -0.39 is 0 Å². The molecule has 3 aromatic rings. The number of fused-ring (bicyclic) bond motifs is 1. The van der Waals surface area contributed by atoms with Crippen molar-refractivity contribution in [3.05, 3.63) is 46.9 Å². The van der Waals surface area contributed by atoms with Crippen molar-refractivity contribution in [3.8, 4) is 11.8 Å². The van der Waals surface area contributed by atoms with E-state index in [2.05, 4.69) is 24.9 Å². The van der Waals surface area contributed by atoms with E-state index in [-0.39, 0.29) is 17.6 Å². The number of nitrogens with two attached hydrogens (primary N) is 1. The van der Waals surface area contributed by atoms with Gasteiger partial charge in [-0.2, -0.15) is 4.98 Å². The minimum atomic E-state index is -0.149. The van der Waals surface area contributed by atoms with Crippen LogP contribution in [0.15, 0.2) is 18.6 Å². The van der Waals surface area contributed by atoms with Gasteiger partial charge in [0.05, 0.1) is 24.1 Å². The quantitative estimate of drug-likeness (QED) is 0.742. The van der Waals surface area contributed by atoms with Crippen molar-refractivity contribution >= 4 is 11.7 Å². The molecule has 3 heterocycles. The average Bonchev–Trinajstić information content (AvgIpc) is 3.11. The molecule has 0 saturated carbocycles. The lowest BCUT2D eigenvalue weighted by Crippen LogP contribution is -2.25. The molecule has 0 radical (unpaired) electrons. The molecule has 138 valence electrons. The molecule has 0 aliphatic heterocycles. The Labute approximate surface area is 155 Å². The van der Waals surface area contributed by atoms with Crippen LogP contribution in [0.2, 0.25) is 0 Å². The van der Waals surface area contributed by atoms with Crippen LogP contribution in [0.1, 0.15) is 45.5 Å². The first-order valence-electron chi connectivity index (χ1n) is 8.55. The molecule has 0 unspecified atom stereocenters. The van der Waals surface area contributed by atoms with Gasteiger partial charge in [0.15, 0.2) is 5.78 Å². The molecular weight excluding hydrogens is 346 g/mol. The van der Waals surface area contributed by atoms with Gasteiger partial charge >= 0.3 is 0 Å². The molecule has 0 amide bonds. The molecule has 1 aliphatic rings. The minimum Gasteiger partial charge on any atom is -0.481 e. The van der Waals surface area contributed by atoms with Crippen LogP contribution >= 0.6 is 0 Å². The fourth-order valence-electron chi connectivity index (χ4n) is 3.51. The number of nitrogens with zero attached hydrogens (tertiary/aromatic N) is 6. The Balaban J connectivity index is 1.74. The van der Waals surface area contributed by atoms with Crippen LogP contribution in [0.5, 0.6) is 5.88 Å². The normalized spacial score (nSPS) is 16.3. The van der Waals surface area contributed by atoms with Crippen LogP contribution in [0.25, 0.3) is 5.95 Å². The third-order valence-corrected chi connectivity index (χ3v) is 4.69. The summed E-state index contributed by atoms with van der Waals surface area (Å²) in [5.74, 6) is 1.67. The number of imidazole rings is 1. The molecular formula is C18H19N7O2. The maximum Gasteiger partial charge on any atom is 0.238 e. The van der Waals surface area contributed by atoms with E-state index in [1.165, 1.54) is 0 Å². The van der Waals surface area contributed by atoms with Gasteiger partial charge in [-0.15, -0.1) is 0 Å². The summed E-state index contributed by atoms with van der Waals surface area (Å²) in [4.78, 5) is 34.4. The van der Waals surface area contributed by atoms with E-state index in [4.69, 9.17) is 10.5 Å². The summed E-state index contributed by atoms with van der Waals surface area (Å²) in [6.45, 7) is 3.66. The van der Waals surface area contributed by atoms with E-state index in [1.807, 2.05) is 6.92 Å². The Morgan fingerprint density at radius 3 is 2.78 bits per heavy atom. The second-order valence-electron chi connectivity index (χ2n) is 6.53. The summed E-state index contributed by atoms with van der Waals surface area (Å²) in [6, 6.07) is 0. The smallest absolute Gasteiger partial charge is 0.238 e. The molecule has 1 aliphatic carbocycles. The number of aryl methyl sites for hydroxylation is 2. The maximum atomic E-state index is 12.7. The Bertz CT molecular complexity index is 1040. The Hall–Kier alpha value is -3.36. The lowest BCUT2D eigenvalue weighted by Gasteiger charge is -2.24. The molecule has 27 heavy (non-hydrogen) atoms. The summed E-state index contributed by atoms with van der Waals surface area (Å²) < 4.78 is 7.07. The first kappa shape index (κ1) is 17.1. The largest absolute Gasteiger partial charge is 0.481 e. The molecule has 2 N–H and O–H groups in total. The number of hydrogen-bond acceptors (Lipinski definition) is 8. The summed E-state index contributed by atoms with van der Waals surface area (Å²) in [5.41, 5.74) is 8.47. The zero-order valence-electron chi connectivity index (χ0n) is 15.3. The van der Waals surface area contributed by atoms with Gasteiger partial charge in [-0.25, -0.2) is 19.9 Å². The van der Waals surface area contributed by atoms with Crippen LogP contribution < -0.4 is 10.5 Å². The molecule has 3 aromatic heterocycles. The Morgan fingerprint density at radius 1 is 1.19 bits per heavy atom. The fraction of sp³-hybridized carbons (Fsp3) is 0.333. The molecule has 0 saturated heterocycles. The highest BCUT2D eigenvalue weighted by molar-refractivity contribution is 5.99. The van der Waals surface area contributed by atoms with Gasteiger partial charge in [0.25, 0.3) is 0 Å². The number of rotatable bonds is 3. The zero-order valence-corrected chi connectivity index (χ0v) is 15.3. The summed E-state index contributed by atoms with van der Waals surface area (Å²) in [6.07, 6.45) is 6.02. The van der Waals surface area contributed by atoms with Crippen molar-refractivity contribution in [1.29, 1.82) is 0 Å². The van der Waals surface area contributed by atoms with Crippen LogP contribution in [-0.2, 0) is 6.42 Å². The second-order valence-corrected chi connectivity index (χ2v) is 6.53. The number of aromatic nitrogens is 6. The Kier molecular flexibility index (Phi) is 4.06. The lowest BCUT2D eigenvalue weighted by molar-refractivity contribution is 0.0960. The van der Waals surface area contributed by atoms with Crippen LogP contribution in [0.3, 0.4) is 0 Å². The predicted molar refractivity (Wildman–Crippen MR) is 97.0 cm³/mol. The van der Waals surface area contributed by atoms with E-state index >= 15 is 0 Å². The number of ether oxygens (including phenoxy) is 1. The van der Waals surface area contributed by atoms with Crippen molar-refractivity contribution in [2.45, 2.75) is 32.6 Å². The summed E-state index contributed by atoms with van der Waals surface area (Å²) in [7, 11) is 1.57. The van der Waals surface area contributed by atoms with Crippen molar-refractivity contribution < 1.29 is 9.53 Å². The number of carbonyl (C=O) groups excluding carboxylic acids is 1. The summed E-state index contributed by atoms with van der Waals surface area (Å²) in [5, 5.41) is 0. The molecule has 0 spiro atoms. The molecule has 9 nitrogen and oxygen atoms in total. The molecule has 0 aromatic carbocycles. The van der Waals surface area contributed by atoms with Crippen molar-refractivity contribution in [1.82, 2.24) is 29.5 Å². The topological polar surface area (TPSA) is 122 Å². The van der Waals surface area contributed by atoms with Crippen molar-refractivity contribution in [3.63, 3.8) is 0 Å². The number of hydrogen-bond donors (Lipinski definition) is 1. The van der Waals surface area contributed by atoms with E-state index in [1.54, 1.807) is 37.2 Å². The highest BCUT2D eigenvalue weighted by atomic mass is 16.5. The number of nitrogen functional groups attached to an aromatic ring is 1. The zero-order chi connectivity index (χ0) is 19.1. The summed E-state index contributed by atoms with van der Waals surface area (Å²) >= 11 is 0. The van der Waals surface area contributed by atoms with Gasteiger partial charge in [-0.1, -0.05) is 0 Å². The van der Waals surface area contributed by atoms with Gasteiger partial charge in [-0.05, 0) is 13.8 Å². The highest BCUT2D eigenvalue weighted by Gasteiger charge is 2.32. The third-order valence-electron chi connectivity index (χ3n) is 4.69. The molecule has 4 rings (SSSR count). The SMILES string of the molecule is COc1nc(-n2ccnc2[C@@H]2CC(=O)c3c(C)nc(N)nc3C2)ncc1C. The van der Waals surface area contributed by atoms with Gasteiger partial charge < -0.3 is 10.5 Å². The van der Waals surface area contributed by atoms with Gasteiger partial charge in [0.1, 0.15) is 5.82 Å². The number of Topliss-reactive ketones (excluding diaryl/α,β-unsaturated/α-hetero) is 1. The van der Waals surface area contributed by atoms with Gasteiger partial charge in [-0.3, -0.25) is 9.36 Å². The first-order chi connectivity index (χ1) is 13.0. The number of ketones is 1. The second kappa shape index (κ2) is 6.42. The third kappa shape index (κ3) is 2.90. The Morgan fingerprint density at radius 2 is 2.00 bits per heavy atom. The average molecular weight is 365 g/mol. The maximum absolute atomic E-state index is 12.7. The van der Waals surface area contributed by atoms with Crippen molar-refractivity contribution in [2.24, 2.45) is 0 Å². The van der Waals surface area contributed by atoms with Crippen LogP contribution in [-0.4, -0.2) is 42.4 Å². The molecule has 1 atom stereocenters. The van der Waals surface area contributed by atoms with Crippen molar-refractivity contribution in [2.75, 3.05) is 12.8 Å². The number of carbonyl (C=O) groups is 1. The molecule has 0 fully saturated rings. The lowest BCUT2D eigenvalue weighted by atomic mass is 9.84. The highest BCUT2D eigenvalue weighted by Crippen LogP contribution is 2.33. The number of anilines is 1. The van der Waals surface area contributed by atoms with Crippen LogP contribution in [0, 0.1) is 13.8 Å². The van der Waals surface area contributed by atoms with E-state index in [9.17, 15) is 4.79 Å².